The van der Waals surface area contributed by atoms with Gasteiger partial charge in [-0.15, -0.1) is 0 Å². The number of benzene rings is 1. The van der Waals surface area contributed by atoms with E-state index in [0.29, 0.717) is 0 Å². The van der Waals surface area contributed by atoms with Crippen LogP contribution in [0.4, 0.5) is 0 Å². The number of carboxylic acid groups (broad SMARTS) is 1. The number of H-pyrrole nitrogens is 1. The number of aromatic nitrogens is 2. The van der Waals surface area contributed by atoms with Crippen LogP contribution in [0.3, 0.4) is 0 Å². The Balaban J connectivity index is 2.32. The van der Waals surface area contributed by atoms with E-state index >= 15 is 0 Å². The summed E-state index contributed by atoms with van der Waals surface area (Å²) in [4.78, 5) is 19.5. The number of hydrogen-bond donors (Lipinski definition) is 2. The molecule has 2 N–H and O–H groups in total. The Morgan fingerprint density at radius 2 is 1.79 bits per heavy atom. The second kappa shape index (κ2) is 7.24. The second-order valence-corrected chi connectivity index (χ2v) is 9.06. The van der Waals surface area contributed by atoms with Crippen molar-refractivity contribution >= 4 is 15.8 Å². The van der Waals surface area contributed by atoms with Crippen LogP contribution in [-0.4, -0.2) is 29.5 Å². The predicted octanol–water partition coefficient (Wildman–Crippen LogP) is 3.64. The number of carboxylic acids is 1. The molecular formula is C21H22N2O4S. The van der Waals surface area contributed by atoms with Crippen LogP contribution in [0.5, 0.6) is 0 Å². The van der Waals surface area contributed by atoms with Crippen molar-refractivity contribution in [2.75, 3.05) is 0 Å². The fraction of sp³-hybridized carbons (Fsp3) is 0.238. The molecule has 3 rings (SSSR count). The Morgan fingerprint density at radius 1 is 1.11 bits per heavy atom. The van der Waals surface area contributed by atoms with Gasteiger partial charge in [0.2, 0.25) is 14.6 Å². The normalized spacial score (nSPS) is 14.0. The van der Waals surface area contributed by atoms with Crippen molar-refractivity contribution in [3.05, 3.63) is 83.3 Å². The molecule has 0 aliphatic heterocycles. The summed E-state index contributed by atoms with van der Waals surface area (Å²) in [7, 11) is -4.44. The van der Waals surface area contributed by atoms with Gasteiger partial charge in [-0.1, -0.05) is 49.7 Å². The zero-order chi connectivity index (χ0) is 20.5. The van der Waals surface area contributed by atoms with Gasteiger partial charge in [0, 0.05) is 12.4 Å². The van der Waals surface area contributed by atoms with Gasteiger partial charge in [-0.25, -0.2) is 18.2 Å². The van der Waals surface area contributed by atoms with E-state index in [0.717, 1.165) is 11.1 Å². The molecule has 0 spiro atoms. The highest BCUT2D eigenvalue weighted by molar-refractivity contribution is 7.93. The van der Waals surface area contributed by atoms with Crippen molar-refractivity contribution in [3.63, 3.8) is 0 Å². The minimum Gasteiger partial charge on any atom is -0.480 e. The van der Waals surface area contributed by atoms with Crippen molar-refractivity contribution in [2.24, 2.45) is 0 Å². The number of nitrogens with zero attached hydrogens (tertiary/aromatic N) is 1. The predicted molar refractivity (Wildman–Crippen MR) is 106 cm³/mol. The number of aliphatic carboxylic acids is 1. The summed E-state index contributed by atoms with van der Waals surface area (Å²) >= 11 is 0. The number of nitrogens with one attached hydrogen (secondary N) is 1. The first-order valence-corrected chi connectivity index (χ1v) is 10.3. The average molecular weight is 398 g/mol. The van der Waals surface area contributed by atoms with E-state index in [2.05, 4.69) is 9.97 Å². The van der Waals surface area contributed by atoms with Crippen molar-refractivity contribution in [1.82, 2.24) is 9.97 Å². The summed E-state index contributed by atoms with van der Waals surface area (Å²) in [6, 6.07) is 12.5. The molecule has 1 aromatic carbocycles. The average Bonchev–Trinajstić information content (AvgIpc) is 3.18. The standard InChI is InChI=1S/C21H22N2O4S/c1-14(2)16-8-11-19(23-13-16)28(26,27)21(20(24)25,18-5-4-12-22-18)17-9-6-15(3)7-10-17/h4-14,22H,1-3H3,(H,24,25). The maximum atomic E-state index is 13.7. The fourth-order valence-corrected chi connectivity index (χ4v) is 5.04. The van der Waals surface area contributed by atoms with Crippen LogP contribution in [-0.2, 0) is 19.4 Å². The molecule has 2 aromatic heterocycles. The highest BCUT2D eigenvalue weighted by atomic mass is 32.2. The molecule has 0 bridgehead atoms. The van der Waals surface area contributed by atoms with Crippen molar-refractivity contribution in [1.29, 1.82) is 0 Å². The van der Waals surface area contributed by atoms with Gasteiger partial charge in [0.25, 0.3) is 0 Å². The van der Waals surface area contributed by atoms with E-state index in [-0.39, 0.29) is 22.2 Å². The molecule has 1 unspecified atom stereocenters. The minimum atomic E-state index is -4.44. The summed E-state index contributed by atoms with van der Waals surface area (Å²) in [5.74, 6) is -1.32. The molecule has 0 aliphatic carbocycles. The Hall–Kier alpha value is -2.93. The largest absolute Gasteiger partial charge is 0.480 e. The van der Waals surface area contributed by atoms with E-state index in [4.69, 9.17) is 0 Å². The zero-order valence-corrected chi connectivity index (χ0v) is 16.7. The Kier molecular flexibility index (Phi) is 5.12. The van der Waals surface area contributed by atoms with Crippen LogP contribution < -0.4 is 0 Å². The SMILES string of the molecule is Cc1ccc(C(C(=O)O)(c2ccc[nH]2)S(=O)(=O)c2ccc(C(C)C)cn2)cc1. The van der Waals surface area contributed by atoms with Crippen molar-refractivity contribution in [3.8, 4) is 0 Å². The molecule has 0 radical (unpaired) electrons. The smallest absolute Gasteiger partial charge is 0.336 e. The van der Waals surface area contributed by atoms with Crippen LogP contribution in [0.25, 0.3) is 0 Å². The van der Waals surface area contributed by atoms with Gasteiger partial charge in [-0.05, 0) is 42.2 Å². The van der Waals surface area contributed by atoms with Crippen LogP contribution in [0.2, 0.25) is 0 Å². The number of sulfone groups is 1. The van der Waals surface area contributed by atoms with Crippen molar-refractivity contribution in [2.45, 2.75) is 36.5 Å². The molecule has 0 aliphatic rings. The number of hydrogen-bond acceptors (Lipinski definition) is 4. The maximum absolute atomic E-state index is 13.7. The molecule has 7 heteroatoms. The third-order valence-electron chi connectivity index (χ3n) is 4.84. The number of aromatic amines is 1. The van der Waals surface area contributed by atoms with Gasteiger partial charge in [0.1, 0.15) is 0 Å². The summed E-state index contributed by atoms with van der Waals surface area (Å²) in [5.41, 5.74) is 1.96. The van der Waals surface area contributed by atoms with Crippen molar-refractivity contribution < 1.29 is 18.3 Å². The number of rotatable bonds is 6. The lowest BCUT2D eigenvalue weighted by atomic mass is 9.94. The zero-order valence-electron chi connectivity index (χ0n) is 15.9. The van der Waals surface area contributed by atoms with Gasteiger partial charge < -0.3 is 10.1 Å². The molecule has 28 heavy (non-hydrogen) atoms. The van der Waals surface area contributed by atoms with Crippen LogP contribution in [0, 0.1) is 6.92 Å². The lowest BCUT2D eigenvalue weighted by Crippen LogP contribution is -2.45. The quantitative estimate of drug-likeness (QED) is 0.660. The topological polar surface area (TPSA) is 100 Å². The highest BCUT2D eigenvalue weighted by Gasteiger charge is 2.56. The monoisotopic (exact) mass is 398 g/mol. The number of aryl methyl sites for hydroxylation is 1. The molecule has 3 aromatic rings. The van der Waals surface area contributed by atoms with E-state index in [1.165, 1.54) is 36.7 Å². The first-order chi connectivity index (χ1) is 13.2. The van der Waals surface area contributed by atoms with Crippen LogP contribution >= 0.6 is 0 Å². The van der Waals surface area contributed by atoms with Gasteiger partial charge in [-0.2, -0.15) is 0 Å². The molecule has 146 valence electrons. The first kappa shape index (κ1) is 19.8. The molecule has 0 amide bonds. The molecular weight excluding hydrogens is 376 g/mol. The first-order valence-electron chi connectivity index (χ1n) is 8.86. The lowest BCUT2D eigenvalue weighted by molar-refractivity contribution is -0.139. The van der Waals surface area contributed by atoms with Gasteiger partial charge in [-0.3, -0.25) is 0 Å². The molecule has 1 atom stereocenters. The van der Waals surface area contributed by atoms with Gasteiger partial charge in [0.05, 0.1) is 5.69 Å². The third-order valence-corrected chi connectivity index (χ3v) is 7.07. The molecule has 0 saturated heterocycles. The molecule has 0 saturated carbocycles. The van der Waals surface area contributed by atoms with E-state index in [9.17, 15) is 18.3 Å². The van der Waals surface area contributed by atoms with Crippen LogP contribution in [0.1, 0.15) is 42.1 Å². The molecule has 0 fully saturated rings. The summed E-state index contributed by atoms with van der Waals surface area (Å²) in [6.07, 6.45) is 2.99. The minimum absolute atomic E-state index is 0.0542. The Morgan fingerprint density at radius 3 is 2.25 bits per heavy atom. The summed E-state index contributed by atoms with van der Waals surface area (Å²) in [6.45, 7) is 5.79. The van der Waals surface area contributed by atoms with E-state index in [1.807, 2.05) is 20.8 Å². The highest BCUT2D eigenvalue weighted by Crippen LogP contribution is 2.41. The second-order valence-electron chi connectivity index (χ2n) is 7.02. The summed E-state index contributed by atoms with van der Waals surface area (Å²) in [5, 5.41) is 9.95. The Bertz CT molecular complexity index is 1070. The molecule has 2 heterocycles. The molecule has 6 nitrogen and oxygen atoms in total. The fourth-order valence-electron chi connectivity index (χ4n) is 3.20. The van der Waals surface area contributed by atoms with Gasteiger partial charge in [0.15, 0.2) is 5.03 Å². The van der Waals surface area contributed by atoms with E-state index < -0.39 is 20.6 Å². The summed E-state index contributed by atoms with van der Waals surface area (Å²) < 4.78 is 25.1. The Labute approximate surface area is 164 Å². The maximum Gasteiger partial charge on any atom is 0.336 e. The van der Waals surface area contributed by atoms with Crippen LogP contribution in [0.15, 0.2) is 66.0 Å². The van der Waals surface area contributed by atoms with E-state index in [1.54, 1.807) is 24.3 Å². The number of carbonyl (C=O) groups is 1. The number of pyridine rings is 1. The third kappa shape index (κ3) is 3.01. The lowest BCUT2D eigenvalue weighted by Gasteiger charge is -2.29. The van der Waals surface area contributed by atoms with Gasteiger partial charge >= 0.3 is 5.97 Å².